The molecule has 1 saturated carbocycles. The fraction of sp³-hybridized carbons (Fsp3) is 0.864. The van der Waals surface area contributed by atoms with Gasteiger partial charge in [-0.2, -0.15) is 0 Å². The summed E-state index contributed by atoms with van der Waals surface area (Å²) in [6.07, 6.45) is 6.53. The number of amides is 4. The van der Waals surface area contributed by atoms with E-state index in [1.165, 1.54) is 0 Å². The van der Waals surface area contributed by atoms with Crippen LogP contribution in [0.2, 0.25) is 0 Å². The van der Waals surface area contributed by atoms with Crippen LogP contribution >= 0.6 is 0 Å². The van der Waals surface area contributed by atoms with Gasteiger partial charge in [0.1, 0.15) is 12.1 Å². The van der Waals surface area contributed by atoms with E-state index in [1.807, 2.05) is 0 Å². The van der Waals surface area contributed by atoms with Crippen LogP contribution < -0.4 is 10.6 Å². The number of carbonyl (C=O) groups excluding carboxylic acids is 3. The molecule has 4 amide bonds. The predicted molar refractivity (Wildman–Crippen MR) is 112 cm³/mol. The SMILES string of the molecule is CCN1CCCC1CNC(=O)CN1C(=O)NC2(CCC(C(C)(C)CC)CC2)C1=O. The molecule has 0 aromatic carbocycles. The smallest absolute Gasteiger partial charge is 0.325 e. The van der Waals surface area contributed by atoms with Gasteiger partial charge >= 0.3 is 6.03 Å². The maximum absolute atomic E-state index is 13.1. The number of rotatable bonds is 7. The third-order valence-corrected chi connectivity index (χ3v) is 7.84. The molecule has 1 atom stereocenters. The Morgan fingerprint density at radius 3 is 2.52 bits per heavy atom. The summed E-state index contributed by atoms with van der Waals surface area (Å²) in [5.41, 5.74) is -0.554. The molecule has 0 radical (unpaired) electrons. The molecule has 29 heavy (non-hydrogen) atoms. The van der Waals surface area contributed by atoms with Crippen molar-refractivity contribution >= 4 is 17.8 Å². The topological polar surface area (TPSA) is 81.8 Å². The lowest BCUT2D eigenvalue weighted by atomic mass is 9.65. The highest BCUT2D eigenvalue weighted by Crippen LogP contribution is 2.45. The third-order valence-electron chi connectivity index (χ3n) is 7.84. The quantitative estimate of drug-likeness (QED) is 0.637. The Balaban J connectivity index is 1.53. The maximum atomic E-state index is 13.1. The van der Waals surface area contributed by atoms with Gasteiger partial charge in [0.2, 0.25) is 5.91 Å². The van der Waals surface area contributed by atoms with Crippen LogP contribution in [0.15, 0.2) is 0 Å². The Bertz CT molecular complexity index is 640. The van der Waals surface area contributed by atoms with E-state index in [2.05, 4.69) is 43.2 Å². The maximum Gasteiger partial charge on any atom is 0.325 e. The van der Waals surface area contributed by atoms with E-state index < -0.39 is 11.6 Å². The minimum atomic E-state index is -0.803. The van der Waals surface area contributed by atoms with Gasteiger partial charge in [0.15, 0.2) is 0 Å². The summed E-state index contributed by atoms with van der Waals surface area (Å²) in [6.45, 7) is 11.3. The standard InChI is InChI=1S/C22H38N4O3/c1-5-21(3,4)16-9-11-22(12-10-16)19(28)26(20(29)24-22)15-18(27)23-14-17-8-7-13-25(17)6-2/h16-17H,5-15H2,1-4H3,(H,23,27)(H,24,29). The second kappa shape index (κ2) is 8.62. The van der Waals surface area contributed by atoms with Crippen molar-refractivity contribution in [2.45, 2.75) is 84.2 Å². The first-order chi connectivity index (χ1) is 13.7. The van der Waals surface area contributed by atoms with E-state index in [1.54, 1.807) is 0 Å². The monoisotopic (exact) mass is 406 g/mol. The first kappa shape index (κ1) is 22.1. The van der Waals surface area contributed by atoms with Gasteiger partial charge in [-0.05, 0) is 62.9 Å². The van der Waals surface area contributed by atoms with Crippen LogP contribution in [-0.2, 0) is 9.59 Å². The molecule has 2 saturated heterocycles. The number of nitrogens with one attached hydrogen (secondary N) is 2. The summed E-state index contributed by atoms with van der Waals surface area (Å²) in [6, 6.07) is -0.0648. The van der Waals surface area contributed by atoms with Crippen LogP contribution in [0.4, 0.5) is 4.79 Å². The first-order valence-electron chi connectivity index (χ1n) is 11.4. The van der Waals surface area contributed by atoms with Crippen molar-refractivity contribution in [1.82, 2.24) is 20.4 Å². The summed E-state index contributed by atoms with van der Waals surface area (Å²) in [5.74, 6) is 0.0869. The van der Waals surface area contributed by atoms with Crippen LogP contribution in [0.5, 0.6) is 0 Å². The van der Waals surface area contributed by atoms with Crippen molar-refractivity contribution in [2.24, 2.45) is 11.3 Å². The Labute approximate surface area is 174 Å². The highest BCUT2D eigenvalue weighted by atomic mass is 16.2. The van der Waals surface area contributed by atoms with Gasteiger partial charge < -0.3 is 10.6 Å². The van der Waals surface area contributed by atoms with Gasteiger partial charge in [-0.1, -0.05) is 34.1 Å². The zero-order valence-electron chi connectivity index (χ0n) is 18.6. The minimum absolute atomic E-state index is 0.185. The number of likely N-dealkylation sites (N-methyl/N-ethyl adjacent to an activating group) is 1. The van der Waals surface area contributed by atoms with E-state index in [0.717, 1.165) is 50.1 Å². The lowest BCUT2D eigenvalue weighted by molar-refractivity contribution is -0.136. The molecule has 164 valence electrons. The second-order valence-electron chi connectivity index (χ2n) is 9.75. The molecule has 3 fully saturated rings. The Morgan fingerprint density at radius 1 is 1.21 bits per heavy atom. The van der Waals surface area contributed by atoms with Crippen molar-refractivity contribution in [3.05, 3.63) is 0 Å². The van der Waals surface area contributed by atoms with Crippen LogP contribution in [0, 0.1) is 11.3 Å². The zero-order chi connectivity index (χ0) is 21.2. The normalized spacial score (nSPS) is 30.8. The lowest BCUT2D eigenvalue weighted by Gasteiger charge is -2.42. The number of likely N-dealkylation sites (tertiary alicyclic amines) is 1. The van der Waals surface area contributed by atoms with Crippen LogP contribution in [0.1, 0.15) is 72.6 Å². The van der Waals surface area contributed by atoms with Gasteiger partial charge in [-0.3, -0.25) is 19.4 Å². The summed E-state index contributed by atoms with van der Waals surface area (Å²) >= 11 is 0. The third kappa shape index (κ3) is 4.44. The molecule has 3 rings (SSSR count). The lowest BCUT2D eigenvalue weighted by Crippen LogP contribution is -2.51. The van der Waals surface area contributed by atoms with Crippen LogP contribution in [-0.4, -0.2) is 65.4 Å². The minimum Gasteiger partial charge on any atom is -0.353 e. The average Bonchev–Trinajstić information content (AvgIpc) is 3.25. The number of nitrogens with zero attached hydrogens (tertiary/aromatic N) is 2. The number of carbonyl (C=O) groups is 3. The van der Waals surface area contributed by atoms with E-state index in [9.17, 15) is 14.4 Å². The van der Waals surface area contributed by atoms with E-state index in [0.29, 0.717) is 31.3 Å². The van der Waals surface area contributed by atoms with Gasteiger partial charge in [-0.25, -0.2) is 4.79 Å². The fourth-order valence-corrected chi connectivity index (χ4v) is 5.31. The van der Waals surface area contributed by atoms with Crippen molar-refractivity contribution in [2.75, 3.05) is 26.2 Å². The molecule has 2 heterocycles. The molecule has 3 aliphatic rings. The van der Waals surface area contributed by atoms with Crippen LogP contribution in [0.3, 0.4) is 0 Å². The molecule has 2 aliphatic heterocycles. The molecule has 1 unspecified atom stereocenters. The van der Waals surface area contributed by atoms with Crippen LogP contribution in [0.25, 0.3) is 0 Å². The summed E-state index contributed by atoms with van der Waals surface area (Å²) in [4.78, 5) is 41.5. The molecular formula is C22H38N4O3. The van der Waals surface area contributed by atoms with Gasteiger partial charge in [0, 0.05) is 12.6 Å². The number of imide groups is 1. The largest absolute Gasteiger partial charge is 0.353 e. The summed E-state index contributed by atoms with van der Waals surface area (Å²) < 4.78 is 0. The predicted octanol–water partition coefficient (Wildman–Crippen LogP) is 2.50. The molecule has 7 nitrogen and oxygen atoms in total. The molecular weight excluding hydrogens is 368 g/mol. The van der Waals surface area contributed by atoms with Crippen molar-refractivity contribution in [1.29, 1.82) is 0 Å². The zero-order valence-corrected chi connectivity index (χ0v) is 18.6. The van der Waals surface area contributed by atoms with Crippen molar-refractivity contribution in [3.63, 3.8) is 0 Å². The highest BCUT2D eigenvalue weighted by Gasteiger charge is 2.53. The number of hydrogen-bond acceptors (Lipinski definition) is 4. The fourth-order valence-electron chi connectivity index (χ4n) is 5.31. The van der Waals surface area contributed by atoms with E-state index in [4.69, 9.17) is 0 Å². The molecule has 0 aromatic heterocycles. The Morgan fingerprint density at radius 2 is 1.90 bits per heavy atom. The molecule has 0 aromatic rings. The van der Waals surface area contributed by atoms with E-state index >= 15 is 0 Å². The van der Waals surface area contributed by atoms with Crippen molar-refractivity contribution in [3.8, 4) is 0 Å². The molecule has 1 aliphatic carbocycles. The Hall–Kier alpha value is -1.63. The average molecular weight is 407 g/mol. The summed E-state index contributed by atoms with van der Waals surface area (Å²) in [5, 5.41) is 5.86. The van der Waals surface area contributed by atoms with Gasteiger partial charge in [0.05, 0.1) is 0 Å². The van der Waals surface area contributed by atoms with Gasteiger partial charge in [0.25, 0.3) is 5.91 Å². The Kier molecular flexibility index (Phi) is 6.56. The van der Waals surface area contributed by atoms with E-state index in [-0.39, 0.29) is 23.8 Å². The van der Waals surface area contributed by atoms with Gasteiger partial charge in [-0.15, -0.1) is 0 Å². The molecule has 7 heteroatoms. The second-order valence-corrected chi connectivity index (χ2v) is 9.75. The molecule has 1 spiro atoms. The summed E-state index contributed by atoms with van der Waals surface area (Å²) in [7, 11) is 0. The molecule has 2 N–H and O–H groups in total. The number of hydrogen-bond donors (Lipinski definition) is 2. The van der Waals surface area contributed by atoms with Crippen molar-refractivity contribution < 1.29 is 14.4 Å². The highest BCUT2D eigenvalue weighted by molar-refractivity contribution is 6.09. The molecule has 0 bridgehead atoms. The first-order valence-corrected chi connectivity index (χ1v) is 11.4. The number of urea groups is 1.